The summed E-state index contributed by atoms with van der Waals surface area (Å²) in [5.41, 5.74) is 2.44. The Bertz CT molecular complexity index is 462. The largest absolute Gasteiger partial charge is 0.424 e. The van der Waals surface area contributed by atoms with Crippen LogP contribution in [0.3, 0.4) is 0 Å². The van der Waals surface area contributed by atoms with Gasteiger partial charge in [0.2, 0.25) is 11.8 Å². The maximum Gasteiger partial charge on any atom is 0.235 e. The highest BCUT2D eigenvalue weighted by molar-refractivity contribution is 5.44. The fraction of sp³-hybridized carbons (Fsp3) is 0.385. The highest BCUT2D eigenvalue weighted by Gasteiger charge is 2.01. The van der Waals surface area contributed by atoms with Crippen LogP contribution in [0, 0.1) is 6.92 Å². The van der Waals surface area contributed by atoms with Crippen LogP contribution in [0.1, 0.15) is 30.7 Å². The summed E-state index contributed by atoms with van der Waals surface area (Å²) in [5, 5.41) is 11.0. The zero-order chi connectivity index (χ0) is 12.1. The summed E-state index contributed by atoms with van der Waals surface area (Å²) in [6.45, 7) is 4.54. The van der Waals surface area contributed by atoms with Gasteiger partial charge in [-0.1, -0.05) is 25.5 Å². The molecule has 1 N–H and O–H groups in total. The van der Waals surface area contributed by atoms with Crippen molar-refractivity contribution < 1.29 is 4.42 Å². The first-order chi connectivity index (χ1) is 8.28. The molecule has 90 valence electrons. The van der Waals surface area contributed by atoms with Crippen LogP contribution in [-0.4, -0.2) is 10.2 Å². The van der Waals surface area contributed by atoms with E-state index in [2.05, 4.69) is 46.7 Å². The molecule has 0 saturated heterocycles. The molecule has 1 aromatic carbocycles. The molecule has 0 atom stereocenters. The van der Waals surface area contributed by atoms with E-state index in [-0.39, 0.29) is 0 Å². The zero-order valence-electron chi connectivity index (χ0n) is 10.2. The van der Waals surface area contributed by atoms with E-state index >= 15 is 0 Å². The fourth-order valence-corrected chi connectivity index (χ4v) is 1.66. The minimum atomic E-state index is 0.563. The van der Waals surface area contributed by atoms with Gasteiger partial charge in [-0.2, -0.15) is 0 Å². The van der Waals surface area contributed by atoms with Crippen LogP contribution < -0.4 is 5.32 Å². The van der Waals surface area contributed by atoms with Crippen LogP contribution in [-0.2, 0) is 13.0 Å². The van der Waals surface area contributed by atoms with Gasteiger partial charge in [0.1, 0.15) is 0 Å². The van der Waals surface area contributed by atoms with E-state index in [0.29, 0.717) is 18.3 Å². The maximum atomic E-state index is 5.28. The Morgan fingerprint density at radius 2 is 1.94 bits per heavy atom. The van der Waals surface area contributed by atoms with Crippen molar-refractivity contribution in [2.45, 2.75) is 33.2 Å². The van der Waals surface area contributed by atoms with Crippen molar-refractivity contribution in [3.63, 3.8) is 0 Å². The molecule has 0 aliphatic heterocycles. The first kappa shape index (κ1) is 11.6. The molecule has 0 fully saturated rings. The Hall–Kier alpha value is -1.84. The molecule has 0 aliphatic rings. The lowest BCUT2D eigenvalue weighted by molar-refractivity contribution is 0.475. The van der Waals surface area contributed by atoms with Crippen LogP contribution in [0.2, 0.25) is 0 Å². The summed E-state index contributed by atoms with van der Waals surface area (Å²) < 4.78 is 5.28. The summed E-state index contributed by atoms with van der Waals surface area (Å²) in [6, 6.07) is 8.44. The molecule has 1 heterocycles. The molecule has 0 unspecified atom stereocenters. The number of benzene rings is 1. The lowest BCUT2D eigenvalue weighted by Gasteiger charge is -2.04. The smallest absolute Gasteiger partial charge is 0.235 e. The van der Waals surface area contributed by atoms with Gasteiger partial charge in [0, 0.05) is 12.6 Å². The Balaban J connectivity index is 1.90. The number of nitrogens with zero attached hydrogens (tertiary/aromatic N) is 2. The van der Waals surface area contributed by atoms with E-state index in [1.54, 1.807) is 6.92 Å². The Morgan fingerprint density at radius 1 is 1.18 bits per heavy atom. The Labute approximate surface area is 101 Å². The molecule has 2 aromatic rings. The topological polar surface area (TPSA) is 51.0 Å². The predicted octanol–water partition coefficient (Wildman–Crippen LogP) is 2.94. The van der Waals surface area contributed by atoms with Crippen LogP contribution in [0.4, 0.5) is 5.69 Å². The number of hydrogen-bond acceptors (Lipinski definition) is 4. The summed E-state index contributed by atoms with van der Waals surface area (Å²) in [4.78, 5) is 0. The number of aromatic nitrogens is 2. The molecular formula is C13H17N3O. The molecule has 0 bridgehead atoms. The van der Waals surface area contributed by atoms with E-state index < -0.39 is 0 Å². The molecule has 0 amide bonds. The van der Waals surface area contributed by atoms with E-state index in [1.165, 1.54) is 12.0 Å². The number of rotatable bonds is 5. The van der Waals surface area contributed by atoms with Crippen molar-refractivity contribution >= 4 is 5.69 Å². The minimum Gasteiger partial charge on any atom is -0.424 e. The zero-order valence-corrected chi connectivity index (χ0v) is 10.2. The monoisotopic (exact) mass is 231 g/mol. The second-order valence-corrected chi connectivity index (χ2v) is 4.02. The van der Waals surface area contributed by atoms with Crippen molar-refractivity contribution in [3.05, 3.63) is 41.6 Å². The molecule has 1 aromatic heterocycles. The van der Waals surface area contributed by atoms with Crippen molar-refractivity contribution in [1.82, 2.24) is 10.2 Å². The standard InChI is InChI=1S/C13H17N3O/c1-3-4-11-5-7-12(8-6-11)14-9-13-16-15-10(2)17-13/h5-8,14H,3-4,9H2,1-2H3. The number of aryl methyl sites for hydroxylation is 2. The normalized spacial score (nSPS) is 10.5. The van der Waals surface area contributed by atoms with E-state index in [9.17, 15) is 0 Å². The highest BCUT2D eigenvalue weighted by atomic mass is 16.4. The van der Waals surface area contributed by atoms with Crippen molar-refractivity contribution in [2.75, 3.05) is 5.32 Å². The summed E-state index contributed by atoms with van der Waals surface area (Å²) in [7, 11) is 0. The lowest BCUT2D eigenvalue weighted by atomic mass is 10.1. The van der Waals surface area contributed by atoms with Gasteiger partial charge in [-0.25, -0.2) is 0 Å². The number of anilines is 1. The molecular weight excluding hydrogens is 214 g/mol. The highest BCUT2D eigenvalue weighted by Crippen LogP contribution is 2.12. The average Bonchev–Trinajstić information content (AvgIpc) is 2.75. The third-order valence-corrected chi connectivity index (χ3v) is 2.50. The molecule has 0 saturated carbocycles. The maximum absolute atomic E-state index is 5.28. The third-order valence-electron chi connectivity index (χ3n) is 2.50. The first-order valence-corrected chi connectivity index (χ1v) is 5.89. The predicted molar refractivity (Wildman–Crippen MR) is 66.8 cm³/mol. The average molecular weight is 231 g/mol. The van der Waals surface area contributed by atoms with Gasteiger partial charge in [-0.15, -0.1) is 10.2 Å². The van der Waals surface area contributed by atoms with Crippen LogP contribution >= 0.6 is 0 Å². The number of hydrogen-bond donors (Lipinski definition) is 1. The van der Waals surface area contributed by atoms with Crippen molar-refractivity contribution in [3.8, 4) is 0 Å². The molecule has 0 spiro atoms. The Kier molecular flexibility index (Phi) is 3.75. The van der Waals surface area contributed by atoms with E-state index in [4.69, 9.17) is 4.42 Å². The summed E-state index contributed by atoms with van der Waals surface area (Å²) >= 11 is 0. The van der Waals surface area contributed by atoms with Gasteiger partial charge in [0.15, 0.2) is 0 Å². The van der Waals surface area contributed by atoms with E-state index in [0.717, 1.165) is 12.1 Å². The van der Waals surface area contributed by atoms with Crippen LogP contribution in [0.25, 0.3) is 0 Å². The summed E-state index contributed by atoms with van der Waals surface area (Å²) in [5.74, 6) is 1.21. The Morgan fingerprint density at radius 3 is 2.53 bits per heavy atom. The molecule has 0 aliphatic carbocycles. The molecule has 4 heteroatoms. The second-order valence-electron chi connectivity index (χ2n) is 4.02. The molecule has 2 rings (SSSR count). The quantitative estimate of drug-likeness (QED) is 0.859. The van der Waals surface area contributed by atoms with Gasteiger partial charge in [0.25, 0.3) is 0 Å². The lowest BCUT2D eigenvalue weighted by Crippen LogP contribution is -1.99. The van der Waals surface area contributed by atoms with Crippen LogP contribution in [0.5, 0.6) is 0 Å². The van der Waals surface area contributed by atoms with Crippen molar-refractivity contribution in [2.24, 2.45) is 0 Å². The SMILES string of the molecule is CCCc1ccc(NCc2nnc(C)o2)cc1. The van der Waals surface area contributed by atoms with Gasteiger partial charge in [0.05, 0.1) is 6.54 Å². The van der Waals surface area contributed by atoms with Gasteiger partial charge < -0.3 is 9.73 Å². The van der Waals surface area contributed by atoms with Gasteiger partial charge in [-0.3, -0.25) is 0 Å². The third kappa shape index (κ3) is 3.31. The van der Waals surface area contributed by atoms with Crippen LogP contribution in [0.15, 0.2) is 28.7 Å². The van der Waals surface area contributed by atoms with Gasteiger partial charge in [-0.05, 0) is 24.1 Å². The molecule has 17 heavy (non-hydrogen) atoms. The van der Waals surface area contributed by atoms with E-state index in [1.807, 2.05) is 0 Å². The fourth-order valence-electron chi connectivity index (χ4n) is 1.66. The van der Waals surface area contributed by atoms with Crippen molar-refractivity contribution in [1.29, 1.82) is 0 Å². The molecule has 0 radical (unpaired) electrons. The molecule has 4 nitrogen and oxygen atoms in total. The first-order valence-electron chi connectivity index (χ1n) is 5.89. The summed E-state index contributed by atoms with van der Waals surface area (Å²) in [6.07, 6.45) is 2.30. The second kappa shape index (κ2) is 5.48. The van der Waals surface area contributed by atoms with Gasteiger partial charge >= 0.3 is 0 Å². The minimum absolute atomic E-state index is 0.563. The number of nitrogens with one attached hydrogen (secondary N) is 1.